The van der Waals surface area contributed by atoms with Gasteiger partial charge in [-0.25, -0.2) is 4.79 Å². The molecule has 0 radical (unpaired) electrons. The Bertz CT molecular complexity index is 750. The molecule has 0 fully saturated rings. The van der Waals surface area contributed by atoms with Crippen LogP contribution in [0.3, 0.4) is 0 Å². The first-order chi connectivity index (χ1) is 10.9. The zero-order valence-electron chi connectivity index (χ0n) is 11.9. The standard InChI is InChI=1S/C15H11Cl2NO5/c1-9(22-14-6-5-10(16)7-13(14)17)15(19)23-12-4-2-3-11(8-12)18(20)21/h2-9H,1H3/t9-/m1/s1. The number of nitrogens with zero attached hydrogens (tertiary/aromatic N) is 1. The van der Waals surface area contributed by atoms with Crippen LogP contribution in [0.5, 0.6) is 11.5 Å². The Kier molecular flexibility index (Phi) is 5.41. The fraction of sp³-hybridized carbons (Fsp3) is 0.133. The Hall–Kier alpha value is -2.31. The van der Waals surface area contributed by atoms with Gasteiger partial charge in [0.05, 0.1) is 16.0 Å². The van der Waals surface area contributed by atoms with Crippen molar-refractivity contribution < 1.29 is 19.2 Å². The molecule has 0 aromatic heterocycles. The van der Waals surface area contributed by atoms with Crippen LogP contribution in [-0.2, 0) is 4.79 Å². The van der Waals surface area contributed by atoms with E-state index in [1.807, 2.05) is 0 Å². The van der Waals surface area contributed by atoms with Crippen molar-refractivity contribution in [3.8, 4) is 11.5 Å². The molecule has 2 aromatic rings. The molecule has 0 aliphatic heterocycles. The SMILES string of the molecule is C[C@@H](Oc1ccc(Cl)cc1Cl)C(=O)Oc1cccc([N+](=O)[O-])c1. The third-order valence-electron chi connectivity index (χ3n) is 2.78. The lowest BCUT2D eigenvalue weighted by Gasteiger charge is -2.14. The van der Waals surface area contributed by atoms with Crippen molar-refractivity contribution >= 4 is 34.9 Å². The molecule has 0 aliphatic carbocycles. The Morgan fingerprint density at radius 2 is 1.96 bits per heavy atom. The Morgan fingerprint density at radius 1 is 1.22 bits per heavy atom. The van der Waals surface area contributed by atoms with Crippen LogP contribution in [0, 0.1) is 10.1 Å². The average Bonchev–Trinajstić information content (AvgIpc) is 2.50. The number of hydrogen-bond acceptors (Lipinski definition) is 5. The molecule has 0 saturated heterocycles. The van der Waals surface area contributed by atoms with Crippen LogP contribution in [-0.4, -0.2) is 17.0 Å². The van der Waals surface area contributed by atoms with E-state index in [0.717, 1.165) is 6.07 Å². The summed E-state index contributed by atoms with van der Waals surface area (Å²) in [7, 11) is 0. The Morgan fingerprint density at radius 3 is 2.61 bits per heavy atom. The topological polar surface area (TPSA) is 78.7 Å². The molecule has 0 amide bonds. The van der Waals surface area contributed by atoms with E-state index in [0.29, 0.717) is 5.02 Å². The lowest BCUT2D eigenvalue weighted by atomic mass is 10.3. The highest BCUT2D eigenvalue weighted by Crippen LogP contribution is 2.28. The van der Waals surface area contributed by atoms with E-state index in [9.17, 15) is 14.9 Å². The lowest BCUT2D eigenvalue weighted by molar-refractivity contribution is -0.384. The van der Waals surface area contributed by atoms with E-state index in [4.69, 9.17) is 32.7 Å². The first-order valence-corrected chi connectivity index (χ1v) is 7.20. The zero-order valence-corrected chi connectivity index (χ0v) is 13.4. The molecule has 0 unspecified atom stereocenters. The Labute approximate surface area is 141 Å². The predicted octanol–water partition coefficient (Wildman–Crippen LogP) is 4.27. The molecule has 0 spiro atoms. The van der Waals surface area contributed by atoms with E-state index >= 15 is 0 Å². The number of rotatable bonds is 5. The summed E-state index contributed by atoms with van der Waals surface area (Å²) in [5.41, 5.74) is -0.176. The number of benzene rings is 2. The summed E-state index contributed by atoms with van der Waals surface area (Å²) in [5, 5.41) is 11.4. The quantitative estimate of drug-likeness (QED) is 0.346. The number of esters is 1. The van der Waals surface area contributed by atoms with Gasteiger partial charge in [-0.05, 0) is 31.2 Å². The van der Waals surface area contributed by atoms with Crippen LogP contribution >= 0.6 is 23.2 Å². The normalized spacial score (nSPS) is 11.6. The summed E-state index contributed by atoms with van der Waals surface area (Å²) in [6.07, 6.45) is -0.965. The van der Waals surface area contributed by atoms with Crippen LogP contribution in [0.15, 0.2) is 42.5 Å². The number of non-ortho nitro benzene ring substituents is 1. The maximum atomic E-state index is 12.0. The molecule has 1 atom stereocenters. The van der Waals surface area contributed by atoms with Crippen LogP contribution in [0.1, 0.15) is 6.92 Å². The highest BCUT2D eigenvalue weighted by Gasteiger charge is 2.19. The maximum Gasteiger partial charge on any atom is 0.352 e. The van der Waals surface area contributed by atoms with Gasteiger partial charge >= 0.3 is 5.97 Å². The number of ether oxygens (including phenoxy) is 2. The largest absolute Gasteiger partial charge is 0.477 e. The number of carbonyl (C=O) groups is 1. The summed E-state index contributed by atoms with van der Waals surface area (Å²) < 4.78 is 10.5. The van der Waals surface area contributed by atoms with Gasteiger partial charge in [-0.2, -0.15) is 0 Å². The lowest BCUT2D eigenvalue weighted by Crippen LogP contribution is -2.28. The van der Waals surface area contributed by atoms with E-state index < -0.39 is 17.0 Å². The Balaban J connectivity index is 2.05. The van der Waals surface area contributed by atoms with Gasteiger partial charge < -0.3 is 9.47 Å². The minimum absolute atomic E-state index is 0.0573. The van der Waals surface area contributed by atoms with Crippen molar-refractivity contribution in [3.63, 3.8) is 0 Å². The van der Waals surface area contributed by atoms with Crippen molar-refractivity contribution in [3.05, 3.63) is 62.6 Å². The van der Waals surface area contributed by atoms with Gasteiger partial charge in [-0.1, -0.05) is 29.3 Å². The molecule has 0 bridgehead atoms. The second kappa shape index (κ2) is 7.30. The summed E-state index contributed by atoms with van der Waals surface area (Å²) >= 11 is 11.7. The molecule has 2 aromatic carbocycles. The molecule has 0 aliphatic rings. The summed E-state index contributed by atoms with van der Waals surface area (Å²) in [4.78, 5) is 22.1. The minimum Gasteiger partial charge on any atom is -0.477 e. The van der Waals surface area contributed by atoms with Crippen molar-refractivity contribution in [1.29, 1.82) is 0 Å². The van der Waals surface area contributed by atoms with E-state index in [-0.39, 0.29) is 22.2 Å². The molecular weight excluding hydrogens is 345 g/mol. The summed E-state index contributed by atoms with van der Waals surface area (Å²) in [6.45, 7) is 1.48. The fourth-order valence-corrected chi connectivity index (χ4v) is 2.12. The molecule has 0 N–H and O–H groups in total. The highest BCUT2D eigenvalue weighted by atomic mass is 35.5. The van der Waals surface area contributed by atoms with Gasteiger partial charge in [0.2, 0.25) is 0 Å². The second-order valence-corrected chi connectivity index (χ2v) is 5.35. The van der Waals surface area contributed by atoms with Crippen molar-refractivity contribution in [1.82, 2.24) is 0 Å². The third kappa shape index (κ3) is 4.58. The van der Waals surface area contributed by atoms with Gasteiger partial charge in [-0.15, -0.1) is 0 Å². The smallest absolute Gasteiger partial charge is 0.352 e. The highest BCUT2D eigenvalue weighted by molar-refractivity contribution is 6.35. The number of hydrogen-bond donors (Lipinski definition) is 0. The van der Waals surface area contributed by atoms with Gasteiger partial charge in [0, 0.05) is 11.1 Å². The van der Waals surface area contributed by atoms with Gasteiger partial charge in [0.1, 0.15) is 11.5 Å². The second-order valence-electron chi connectivity index (χ2n) is 4.51. The van der Waals surface area contributed by atoms with Crippen molar-refractivity contribution in [2.75, 3.05) is 0 Å². The molecular formula is C15H11Cl2NO5. The maximum absolute atomic E-state index is 12.0. The van der Waals surface area contributed by atoms with E-state index in [1.165, 1.54) is 37.3 Å². The molecule has 2 rings (SSSR count). The first-order valence-electron chi connectivity index (χ1n) is 6.44. The monoisotopic (exact) mass is 355 g/mol. The van der Waals surface area contributed by atoms with Crippen LogP contribution in [0.25, 0.3) is 0 Å². The van der Waals surface area contributed by atoms with E-state index in [1.54, 1.807) is 6.07 Å². The first kappa shape index (κ1) is 17.1. The third-order valence-corrected chi connectivity index (χ3v) is 3.31. The van der Waals surface area contributed by atoms with E-state index in [2.05, 4.69) is 0 Å². The molecule has 8 heteroatoms. The number of carbonyl (C=O) groups excluding carboxylic acids is 1. The van der Waals surface area contributed by atoms with Gasteiger partial charge in [0.15, 0.2) is 6.10 Å². The summed E-state index contributed by atoms with van der Waals surface area (Å²) in [6, 6.07) is 9.89. The molecule has 23 heavy (non-hydrogen) atoms. The minimum atomic E-state index is -0.965. The zero-order chi connectivity index (χ0) is 17.0. The van der Waals surface area contributed by atoms with Crippen LogP contribution < -0.4 is 9.47 Å². The molecule has 120 valence electrons. The molecule has 0 heterocycles. The number of nitro benzene ring substituents is 1. The summed E-state index contributed by atoms with van der Waals surface area (Å²) in [5.74, 6) is -0.377. The molecule has 6 nitrogen and oxygen atoms in total. The number of nitro groups is 1. The van der Waals surface area contributed by atoms with Crippen molar-refractivity contribution in [2.45, 2.75) is 13.0 Å². The number of halogens is 2. The van der Waals surface area contributed by atoms with Gasteiger partial charge in [-0.3, -0.25) is 10.1 Å². The predicted molar refractivity (Wildman–Crippen MR) is 85.3 cm³/mol. The molecule has 0 saturated carbocycles. The van der Waals surface area contributed by atoms with Crippen molar-refractivity contribution in [2.24, 2.45) is 0 Å². The van der Waals surface area contributed by atoms with Gasteiger partial charge in [0.25, 0.3) is 5.69 Å². The average molecular weight is 356 g/mol. The van der Waals surface area contributed by atoms with Crippen LogP contribution in [0.4, 0.5) is 5.69 Å². The fourth-order valence-electron chi connectivity index (χ4n) is 1.67. The van der Waals surface area contributed by atoms with Crippen LogP contribution in [0.2, 0.25) is 10.0 Å².